The van der Waals surface area contributed by atoms with Crippen molar-refractivity contribution in [1.29, 1.82) is 0 Å². The molecule has 0 aliphatic carbocycles. The molecule has 2 aromatic rings. The number of nitrogens with zero attached hydrogens (tertiary/aromatic N) is 2. The van der Waals surface area contributed by atoms with Gasteiger partial charge in [-0.25, -0.2) is 4.39 Å². The molecule has 1 amide bonds. The molecular weight excluding hydrogens is 349 g/mol. The van der Waals surface area contributed by atoms with Gasteiger partial charge in [-0.1, -0.05) is 11.6 Å². The van der Waals surface area contributed by atoms with E-state index in [2.05, 4.69) is 10.2 Å². The molecule has 3 rings (SSSR count). The smallest absolute Gasteiger partial charge is 0.270 e. The summed E-state index contributed by atoms with van der Waals surface area (Å²) in [5.41, 5.74) is 0.895. The minimum Gasteiger partial charge on any atom is -0.371 e. The predicted molar refractivity (Wildman–Crippen MR) is 93.9 cm³/mol. The number of amides is 1. The van der Waals surface area contributed by atoms with Gasteiger partial charge in [0.15, 0.2) is 0 Å². The number of carbonyl (C=O) groups excluding carboxylic acids is 1. The second kappa shape index (κ2) is 7.06. The number of halogens is 2. The van der Waals surface area contributed by atoms with Crippen LogP contribution in [0.2, 0.25) is 5.02 Å². The van der Waals surface area contributed by atoms with E-state index in [0.717, 1.165) is 32.0 Å². The van der Waals surface area contributed by atoms with Crippen molar-refractivity contribution in [2.75, 3.05) is 23.3 Å². The lowest BCUT2D eigenvalue weighted by Crippen LogP contribution is -2.18. The molecule has 8 heteroatoms. The van der Waals surface area contributed by atoms with Crippen LogP contribution < -0.4 is 10.2 Å². The van der Waals surface area contributed by atoms with E-state index in [-0.39, 0.29) is 16.3 Å². The third-order valence-electron chi connectivity index (χ3n) is 4.02. The van der Waals surface area contributed by atoms with Crippen molar-refractivity contribution in [3.63, 3.8) is 0 Å². The molecule has 2 aromatic carbocycles. The Morgan fingerprint density at radius 2 is 1.92 bits per heavy atom. The Morgan fingerprint density at radius 3 is 2.56 bits per heavy atom. The fraction of sp³-hybridized carbons (Fsp3) is 0.235. The van der Waals surface area contributed by atoms with Gasteiger partial charge >= 0.3 is 0 Å². The number of carbonyl (C=O) groups is 1. The maximum absolute atomic E-state index is 13.9. The first-order valence-corrected chi connectivity index (χ1v) is 8.12. The van der Waals surface area contributed by atoms with Crippen LogP contribution >= 0.6 is 11.6 Å². The van der Waals surface area contributed by atoms with Crippen LogP contribution in [-0.2, 0) is 0 Å². The lowest BCUT2D eigenvalue weighted by atomic mass is 10.1. The van der Waals surface area contributed by atoms with E-state index in [4.69, 9.17) is 11.6 Å². The van der Waals surface area contributed by atoms with Gasteiger partial charge in [0, 0.05) is 36.6 Å². The summed E-state index contributed by atoms with van der Waals surface area (Å²) in [5.74, 6) is -1.01. The molecule has 1 N–H and O–H groups in total. The first-order valence-electron chi connectivity index (χ1n) is 7.75. The fourth-order valence-electron chi connectivity index (χ4n) is 2.80. The van der Waals surface area contributed by atoms with Crippen molar-refractivity contribution >= 4 is 34.6 Å². The van der Waals surface area contributed by atoms with Gasteiger partial charge in [0.25, 0.3) is 11.6 Å². The second-order valence-corrected chi connectivity index (χ2v) is 6.17. The van der Waals surface area contributed by atoms with Gasteiger partial charge in [-0.3, -0.25) is 14.9 Å². The number of benzene rings is 2. The van der Waals surface area contributed by atoms with Crippen LogP contribution in [0.25, 0.3) is 0 Å². The van der Waals surface area contributed by atoms with E-state index in [0.29, 0.717) is 11.4 Å². The van der Waals surface area contributed by atoms with Crippen molar-refractivity contribution in [2.45, 2.75) is 12.8 Å². The van der Waals surface area contributed by atoms with Gasteiger partial charge in [-0.05, 0) is 37.1 Å². The highest BCUT2D eigenvalue weighted by molar-refractivity contribution is 6.34. The van der Waals surface area contributed by atoms with Gasteiger partial charge in [-0.15, -0.1) is 0 Å². The average Bonchev–Trinajstić information content (AvgIpc) is 3.08. The summed E-state index contributed by atoms with van der Waals surface area (Å²) >= 11 is 5.95. The Kier molecular flexibility index (Phi) is 4.85. The van der Waals surface area contributed by atoms with E-state index in [1.54, 1.807) is 6.07 Å². The molecule has 0 radical (unpaired) electrons. The quantitative estimate of drug-likeness (QED) is 0.651. The second-order valence-electron chi connectivity index (χ2n) is 5.77. The minimum atomic E-state index is -0.595. The molecule has 0 unspecified atom stereocenters. The van der Waals surface area contributed by atoms with Crippen molar-refractivity contribution in [3.05, 3.63) is 62.9 Å². The third kappa shape index (κ3) is 3.88. The number of nitrogens with one attached hydrogen (secondary N) is 1. The Morgan fingerprint density at radius 1 is 1.20 bits per heavy atom. The largest absolute Gasteiger partial charge is 0.371 e. The molecule has 1 aliphatic rings. The highest BCUT2D eigenvalue weighted by atomic mass is 35.5. The van der Waals surface area contributed by atoms with E-state index in [1.165, 1.54) is 24.3 Å². The minimum absolute atomic E-state index is 0.0390. The molecule has 1 saturated heterocycles. The third-order valence-corrected chi connectivity index (χ3v) is 4.33. The molecule has 25 heavy (non-hydrogen) atoms. The Bertz CT molecular complexity index is 838. The van der Waals surface area contributed by atoms with Crippen LogP contribution in [0, 0.1) is 15.9 Å². The first kappa shape index (κ1) is 17.2. The zero-order valence-electron chi connectivity index (χ0n) is 13.2. The van der Waals surface area contributed by atoms with E-state index < -0.39 is 16.6 Å². The number of nitro groups is 1. The van der Waals surface area contributed by atoms with E-state index >= 15 is 0 Å². The van der Waals surface area contributed by atoms with Crippen LogP contribution in [0.3, 0.4) is 0 Å². The molecule has 0 bridgehead atoms. The van der Waals surface area contributed by atoms with E-state index in [9.17, 15) is 19.3 Å². The highest BCUT2D eigenvalue weighted by Gasteiger charge is 2.17. The number of rotatable bonds is 4. The highest BCUT2D eigenvalue weighted by Crippen LogP contribution is 2.27. The summed E-state index contributed by atoms with van der Waals surface area (Å²) in [7, 11) is 0. The normalized spacial score (nSPS) is 13.8. The van der Waals surface area contributed by atoms with Crippen LogP contribution in [0.15, 0.2) is 36.4 Å². The Labute approximate surface area is 148 Å². The lowest BCUT2D eigenvalue weighted by Gasteiger charge is -2.19. The number of non-ortho nitro benzene ring substituents is 1. The summed E-state index contributed by atoms with van der Waals surface area (Å²) in [4.78, 5) is 24.5. The number of nitro benzene ring substituents is 1. The summed E-state index contributed by atoms with van der Waals surface area (Å²) in [6, 6.07) is 7.93. The predicted octanol–water partition coefficient (Wildman–Crippen LogP) is 4.24. The maximum Gasteiger partial charge on any atom is 0.270 e. The Balaban J connectivity index is 1.82. The molecule has 0 aromatic heterocycles. The van der Waals surface area contributed by atoms with Crippen molar-refractivity contribution < 1.29 is 14.1 Å². The first-order chi connectivity index (χ1) is 11.9. The molecule has 1 fully saturated rings. The van der Waals surface area contributed by atoms with Crippen molar-refractivity contribution in [2.24, 2.45) is 0 Å². The summed E-state index contributed by atoms with van der Waals surface area (Å²) < 4.78 is 13.9. The molecular formula is C17H15ClFN3O3. The number of hydrogen-bond donors (Lipinski definition) is 1. The van der Waals surface area contributed by atoms with Crippen LogP contribution in [0.4, 0.5) is 21.5 Å². The van der Waals surface area contributed by atoms with Crippen LogP contribution in [-0.4, -0.2) is 23.9 Å². The van der Waals surface area contributed by atoms with Gasteiger partial charge in [-0.2, -0.15) is 0 Å². The number of hydrogen-bond acceptors (Lipinski definition) is 4. The average molecular weight is 364 g/mol. The number of anilines is 2. The summed E-state index contributed by atoms with van der Waals surface area (Å²) in [6.45, 7) is 1.70. The zero-order valence-corrected chi connectivity index (χ0v) is 13.9. The summed E-state index contributed by atoms with van der Waals surface area (Å²) in [6.07, 6.45) is 2.10. The molecule has 0 spiro atoms. The summed E-state index contributed by atoms with van der Waals surface area (Å²) in [5, 5.41) is 13.3. The SMILES string of the molecule is O=C(Nc1cc(F)cc(N2CCCC2)c1)c1ccc([N+](=O)[O-])cc1Cl. The monoisotopic (exact) mass is 363 g/mol. The molecule has 1 heterocycles. The Hall–Kier alpha value is -2.67. The molecule has 1 aliphatic heterocycles. The van der Waals surface area contributed by atoms with Crippen LogP contribution in [0.1, 0.15) is 23.2 Å². The van der Waals surface area contributed by atoms with Crippen molar-refractivity contribution in [1.82, 2.24) is 0 Å². The van der Waals surface area contributed by atoms with Gasteiger partial charge < -0.3 is 10.2 Å². The lowest BCUT2D eigenvalue weighted by molar-refractivity contribution is -0.384. The van der Waals surface area contributed by atoms with Gasteiger partial charge in [0.2, 0.25) is 0 Å². The maximum atomic E-state index is 13.9. The fourth-order valence-corrected chi connectivity index (χ4v) is 3.06. The van der Waals surface area contributed by atoms with E-state index in [1.807, 2.05) is 0 Å². The molecule has 6 nitrogen and oxygen atoms in total. The topological polar surface area (TPSA) is 75.5 Å². The van der Waals surface area contributed by atoms with Crippen LogP contribution in [0.5, 0.6) is 0 Å². The molecule has 0 saturated carbocycles. The molecule has 0 atom stereocenters. The zero-order chi connectivity index (χ0) is 18.0. The molecule has 130 valence electrons. The van der Waals surface area contributed by atoms with Gasteiger partial charge in [0.05, 0.1) is 15.5 Å². The standard InChI is InChI=1S/C17H15ClFN3O3/c18-16-10-13(22(24)25)3-4-15(16)17(23)20-12-7-11(19)8-14(9-12)21-5-1-2-6-21/h3-4,7-10H,1-2,5-6H2,(H,20,23). The van der Waals surface area contributed by atoms with Crippen molar-refractivity contribution in [3.8, 4) is 0 Å². The van der Waals surface area contributed by atoms with Gasteiger partial charge in [0.1, 0.15) is 5.82 Å².